The Hall–Kier alpha value is -3.36. The minimum absolute atomic E-state index is 0.275. The number of nitrogens with zero attached hydrogens (tertiary/aromatic N) is 1. The van der Waals surface area contributed by atoms with Gasteiger partial charge in [0.15, 0.2) is 0 Å². The smallest absolute Gasteiger partial charge is 0.320 e. The second-order valence-electron chi connectivity index (χ2n) is 8.33. The van der Waals surface area contributed by atoms with E-state index >= 15 is 0 Å². The van der Waals surface area contributed by atoms with Crippen molar-refractivity contribution < 1.29 is 27.2 Å². The van der Waals surface area contributed by atoms with E-state index in [4.69, 9.17) is 8.92 Å². The highest BCUT2D eigenvalue weighted by Crippen LogP contribution is 2.20. The lowest BCUT2D eigenvalue weighted by Gasteiger charge is -2.28. The van der Waals surface area contributed by atoms with Crippen LogP contribution in [0.2, 0.25) is 0 Å². The number of carbonyl (C=O) groups is 1. The van der Waals surface area contributed by atoms with Crippen molar-refractivity contribution in [2.45, 2.75) is 38.9 Å². The van der Waals surface area contributed by atoms with E-state index < -0.39 is 22.1 Å². The van der Waals surface area contributed by atoms with Gasteiger partial charge in [-0.3, -0.25) is 9.69 Å². The highest BCUT2D eigenvalue weighted by Gasteiger charge is 2.24. The Morgan fingerprint density at radius 2 is 1.54 bits per heavy atom. The number of carboxylic acid groups (broad SMARTS) is 1. The third-order valence-corrected chi connectivity index (χ3v) is 5.95. The fourth-order valence-electron chi connectivity index (χ4n) is 3.82. The van der Waals surface area contributed by atoms with E-state index in [2.05, 4.69) is 0 Å². The molecule has 0 spiro atoms. The molecule has 1 atom stereocenters. The Kier molecular flexibility index (Phi) is 9.28. The van der Waals surface area contributed by atoms with Gasteiger partial charge >= 0.3 is 16.1 Å². The van der Waals surface area contributed by atoms with E-state index in [1.165, 1.54) is 0 Å². The molecule has 0 saturated carbocycles. The molecule has 1 N–H and O–H groups in total. The Balaban J connectivity index is 1.61. The Morgan fingerprint density at radius 1 is 0.886 bits per heavy atom. The molecule has 0 aromatic heterocycles. The van der Waals surface area contributed by atoms with Crippen LogP contribution in [-0.2, 0) is 34.4 Å². The molecule has 0 aliphatic carbocycles. The number of ether oxygens (including phenoxy) is 1. The highest BCUT2D eigenvalue weighted by molar-refractivity contribution is 7.86. The molecule has 186 valence electrons. The molecular weight excluding hydrogens is 466 g/mol. The summed E-state index contributed by atoms with van der Waals surface area (Å²) < 4.78 is 33.2. The van der Waals surface area contributed by atoms with Gasteiger partial charge in [0, 0.05) is 19.5 Å². The van der Waals surface area contributed by atoms with E-state index in [1.54, 1.807) is 24.3 Å². The number of carboxylic acids is 1. The van der Waals surface area contributed by atoms with Gasteiger partial charge in [-0.2, -0.15) is 8.42 Å². The maximum Gasteiger partial charge on any atom is 0.320 e. The van der Waals surface area contributed by atoms with Gasteiger partial charge in [-0.1, -0.05) is 61.5 Å². The number of benzene rings is 3. The second kappa shape index (κ2) is 12.4. The average Bonchev–Trinajstić information content (AvgIpc) is 2.80. The van der Waals surface area contributed by atoms with Gasteiger partial charge in [0.05, 0.1) is 12.9 Å². The van der Waals surface area contributed by atoms with Crippen molar-refractivity contribution in [1.82, 2.24) is 4.90 Å². The van der Waals surface area contributed by atoms with Crippen LogP contribution < -0.4 is 8.92 Å². The van der Waals surface area contributed by atoms with E-state index in [1.807, 2.05) is 66.4 Å². The van der Waals surface area contributed by atoms with Crippen LogP contribution in [0.1, 0.15) is 30.0 Å². The molecule has 3 aromatic carbocycles. The van der Waals surface area contributed by atoms with Crippen LogP contribution in [0, 0.1) is 0 Å². The molecule has 0 fully saturated rings. The van der Waals surface area contributed by atoms with Crippen molar-refractivity contribution in [2.24, 2.45) is 0 Å². The predicted molar refractivity (Wildman–Crippen MR) is 135 cm³/mol. The van der Waals surface area contributed by atoms with E-state index in [-0.39, 0.29) is 5.75 Å². The summed E-state index contributed by atoms with van der Waals surface area (Å²) in [6.45, 7) is 3.35. The minimum Gasteiger partial charge on any atom is -0.493 e. The van der Waals surface area contributed by atoms with Crippen molar-refractivity contribution in [3.05, 3.63) is 95.6 Å². The lowest BCUT2D eigenvalue weighted by molar-refractivity contribution is -0.144. The summed E-state index contributed by atoms with van der Waals surface area (Å²) in [7, 11) is -3.55. The van der Waals surface area contributed by atoms with Crippen LogP contribution in [0.5, 0.6) is 11.5 Å². The van der Waals surface area contributed by atoms with Gasteiger partial charge in [0.1, 0.15) is 17.5 Å². The van der Waals surface area contributed by atoms with Gasteiger partial charge in [-0.15, -0.1) is 0 Å². The third-order valence-electron chi connectivity index (χ3n) is 5.46. The predicted octanol–water partition coefficient (Wildman–Crippen LogP) is 4.51. The standard InChI is InChI=1S/C27H31NO6S/c1-3-26(27(29)30)28(19-22-8-5-4-6-9-22)20-23-10-7-11-25(18-23)33-17-16-21-12-14-24(15-13-21)34-35(2,31)32/h4-15,18,26H,3,16-17,19-20H2,1-2H3,(H,29,30). The van der Waals surface area contributed by atoms with Gasteiger partial charge in [-0.25, -0.2) is 0 Å². The van der Waals surface area contributed by atoms with E-state index in [0.717, 1.165) is 22.9 Å². The van der Waals surface area contributed by atoms with Gasteiger partial charge in [0.2, 0.25) is 0 Å². The van der Waals surface area contributed by atoms with Gasteiger partial charge in [-0.05, 0) is 47.4 Å². The molecule has 35 heavy (non-hydrogen) atoms. The van der Waals surface area contributed by atoms with E-state index in [9.17, 15) is 18.3 Å². The first-order valence-corrected chi connectivity index (χ1v) is 13.3. The van der Waals surface area contributed by atoms with Crippen LogP contribution in [0.4, 0.5) is 0 Å². The number of aliphatic carboxylic acids is 1. The fraction of sp³-hybridized carbons (Fsp3) is 0.296. The molecular formula is C27H31NO6S. The number of rotatable bonds is 13. The molecule has 0 radical (unpaired) electrons. The summed E-state index contributed by atoms with van der Waals surface area (Å²) in [4.78, 5) is 13.8. The zero-order chi connectivity index (χ0) is 25.3. The number of hydrogen-bond donors (Lipinski definition) is 1. The first-order chi connectivity index (χ1) is 16.7. The largest absolute Gasteiger partial charge is 0.493 e. The number of hydrogen-bond acceptors (Lipinski definition) is 6. The van der Waals surface area contributed by atoms with Gasteiger partial charge < -0.3 is 14.0 Å². The minimum atomic E-state index is -3.55. The summed E-state index contributed by atoms with van der Waals surface area (Å²) in [6, 6.07) is 23.8. The molecule has 3 aromatic rings. The molecule has 1 unspecified atom stereocenters. The molecule has 0 aliphatic heterocycles. The molecule has 0 saturated heterocycles. The Bertz CT molecular complexity index is 1200. The monoisotopic (exact) mass is 497 g/mol. The molecule has 0 heterocycles. The lowest BCUT2D eigenvalue weighted by atomic mass is 10.1. The Morgan fingerprint density at radius 3 is 2.17 bits per heavy atom. The zero-order valence-electron chi connectivity index (χ0n) is 20.0. The quantitative estimate of drug-likeness (QED) is 0.347. The Labute approximate surface area is 207 Å². The maximum absolute atomic E-state index is 11.9. The normalized spacial score (nSPS) is 12.3. The summed E-state index contributed by atoms with van der Waals surface area (Å²) >= 11 is 0. The van der Waals surface area contributed by atoms with Crippen LogP contribution in [-0.4, -0.2) is 43.3 Å². The summed E-state index contributed by atoms with van der Waals surface area (Å²) in [5, 5.41) is 9.75. The first-order valence-electron chi connectivity index (χ1n) is 11.4. The first kappa shape index (κ1) is 26.2. The molecule has 0 bridgehead atoms. The molecule has 0 amide bonds. The molecule has 7 nitrogen and oxygen atoms in total. The highest BCUT2D eigenvalue weighted by atomic mass is 32.2. The van der Waals surface area contributed by atoms with Crippen LogP contribution >= 0.6 is 0 Å². The van der Waals surface area contributed by atoms with Crippen molar-refractivity contribution >= 4 is 16.1 Å². The van der Waals surface area contributed by atoms with Gasteiger partial charge in [0.25, 0.3) is 0 Å². The molecule has 8 heteroatoms. The summed E-state index contributed by atoms with van der Waals surface area (Å²) in [5.41, 5.74) is 3.02. The summed E-state index contributed by atoms with van der Waals surface area (Å²) in [6.07, 6.45) is 2.15. The molecule has 3 rings (SSSR count). The lowest BCUT2D eigenvalue weighted by Crippen LogP contribution is -2.39. The SMILES string of the molecule is CCC(C(=O)O)N(Cc1ccccc1)Cc1cccc(OCCc2ccc(OS(C)(=O)=O)cc2)c1. The third kappa shape index (κ3) is 8.73. The fourth-order valence-corrected chi connectivity index (χ4v) is 4.29. The maximum atomic E-state index is 11.9. The average molecular weight is 498 g/mol. The van der Waals surface area contributed by atoms with Crippen LogP contribution in [0.25, 0.3) is 0 Å². The zero-order valence-corrected chi connectivity index (χ0v) is 20.8. The van der Waals surface area contributed by atoms with E-state index in [0.29, 0.717) is 38.3 Å². The topological polar surface area (TPSA) is 93.1 Å². The molecule has 0 aliphatic rings. The summed E-state index contributed by atoms with van der Waals surface area (Å²) in [5.74, 6) is 0.156. The van der Waals surface area contributed by atoms with Crippen LogP contribution in [0.3, 0.4) is 0 Å². The van der Waals surface area contributed by atoms with Crippen molar-refractivity contribution in [2.75, 3.05) is 12.9 Å². The van der Waals surface area contributed by atoms with Crippen molar-refractivity contribution in [3.8, 4) is 11.5 Å². The second-order valence-corrected chi connectivity index (χ2v) is 9.91. The van der Waals surface area contributed by atoms with Crippen LogP contribution in [0.15, 0.2) is 78.9 Å². The van der Waals surface area contributed by atoms with Crippen molar-refractivity contribution in [1.29, 1.82) is 0 Å². The van der Waals surface area contributed by atoms with Crippen molar-refractivity contribution in [3.63, 3.8) is 0 Å².